The Morgan fingerprint density at radius 3 is 2.95 bits per heavy atom. The number of hydrogen-bond acceptors (Lipinski definition) is 2. The van der Waals surface area contributed by atoms with E-state index in [1.54, 1.807) is 0 Å². The van der Waals surface area contributed by atoms with Crippen LogP contribution in [0.1, 0.15) is 58.3 Å². The van der Waals surface area contributed by atoms with Crippen molar-refractivity contribution in [3.63, 3.8) is 0 Å². The van der Waals surface area contributed by atoms with Crippen molar-refractivity contribution in [1.82, 2.24) is 5.32 Å². The van der Waals surface area contributed by atoms with E-state index in [0.29, 0.717) is 6.04 Å². The molecule has 3 aliphatic rings. The smallest absolute Gasteiger partial charge is 0.109 e. The van der Waals surface area contributed by atoms with Gasteiger partial charge in [-0.2, -0.15) is 0 Å². The zero-order valence-corrected chi connectivity index (χ0v) is 12.4. The van der Waals surface area contributed by atoms with E-state index in [4.69, 9.17) is 4.74 Å². The van der Waals surface area contributed by atoms with E-state index in [0.717, 1.165) is 30.9 Å². The SMILES string of the molecule is CCCNC(CC1CC2CCC1C2)C1=CCCCO1. The second-order valence-corrected chi connectivity index (χ2v) is 6.77. The van der Waals surface area contributed by atoms with Gasteiger partial charge in [-0.05, 0) is 75.3 Å². The van der Waals surface area contributed by atoms with Crippen molar-refractivity contribution in [2.45, 2.75) is 64.3 Å². The van der Waals surface area contributed by atoms with Crippen LogP contribution in [-0.2, 0) is 4.74 Å². The maximum absolute atomic E-state index is 5.93. The fourth-order valence-electron chi connectivity index (χ4n) is 4.41. The van der Waals surface area contributed by atoms with Crippen molar-refractivity contribution < 1.29 is 4.74 Å². The predicted molar refractivity (Wildman–Crippen MR) is 78.9 cm³/mol. The monoisotopic (exact) mass is 263 g/mol. The standard InChI is InChI=1S/C17H29NO/c1-2-8-18-16(17-5-3-4-9-19-17)12-15-11-13-6-7-14(15)10-13/h5,13-16,18H,2-4,6-12H2,1H3. The molecule has 0 aromatic carbocycles. The number of allylic oxidation sites excluding steroid dienone is 1. The summed E-state index contributed by atoms with van der Waals surface area (Å²) in [7, 11) is 0. The van der Waals surface area contributed by atoms with Crippen LogP contribution >= 0.6 is 0 Å². The lowest BCUT2D eigenvalue weighted by Gasteiger charge is -2.30. The molecule has 4 unspecified atom stereocenters. The first-order valence-corrected chi connectivity index (χ1v) is 8.43. The molecule has 1 N–H and O–H groups in total. The summed E-state index contributed by atoms with van der Waals surface area (Å²) in [5.74, 6) is 4.30. The van der Waals surface area contributed by atoms with Gasteiger partial charge in [0.15, 0.2) is 0 Å². The minimum Gasteiger partial charge on any atom is -0.497 e. The van der Waals surface area contributed by atoms with Gasteiger partial charge in [0.1, 0.15) is 5.76 Å². The molecule has 2 saturated carbocycles. The second-order valence-electron chi connectivity index (χ2n) is 6.77. The maximum Gasteiger partial charge on any atom is 0.109 e. The van der Waals surface area contributed by atoms with E-state index < -0.39 is 0 Å². The molecular formula is C17H29NO. The lowest BCUT2D eigenvalue weighted by atomic mass is 9.83. The van der Waals surface area contributed by atoms with E-state index in [1.165, 1.54) is 57.1 Å². The van der Waals surface area contributed by atoms with Crippen LogP contribution in [0.15, 0.2) is 11.8 Å². The normalized spacial score (nSPS) is 35.0. The van der Waals surface area contributed by atoms with Gasteiger partial charge in [0, 0.05) is 0 Å². The largest absolute Gasteiger partial charge is 0.497 e. The van der Waals surface area contributed by atoms with E-state index >= 15 is 0 Å². The summed E-state index contributed by atoms with van der Waals surface area (Å²) in [5, 5.41) is 3.73. The van der Waals surface area contributed by atoms with Gasteiger partial charge in [-0.3, -0.25) is 0 Å². The Bertz CT molecular complexity index is 325. The number of rotatable bonds is 6. The summed E-state index contributed by atoms with van der Waals surface area (Å²) in [5.41, 5.74) is 0. The molecule has 0 saturated heterocycles. The molecule has 3 rings (SSSR count). The molecule has 1 aliphatic heterocycles. The van der Waals surface area contributed by atoms with E-state index in [9.17, 15) is 0 Å². The zero-order valence-electron chi connectivity index (χ0n) is 12.4. The van der Waals surface area contributed by atoms with Crippen molar-refractivity contribution in [3.8, 4) is 0 Å². The number of fused-ring (bicyclic) bond motifs is 2. The highest BCUT2D eigenvalue weighted by atomic mass is 16.5. The first-order chi connectivity index (χ1) is 9.36. The average Bonchev–Trinajstić information content (AvgIpc) is 3.07. The van der Waals surface area contributed by atoms with Gasteiger partial charge in [0.05, 0.1) is 12.6 Å². The minimum atomic E-state index is 0.490. The third kappa shape index (κ3) is 3.16. The minimum absolute atomic E-state index is 0.490. The fraction of sp³-hybridized carbons (Fsp3) is 0.882. The van der Waals surface area contributed by atoms with E-state index in [2.05, 4.69) is 18.3 Å². The summed E-state index contributed by atoms with van der Waals surface area (Å²) in [6, 6.07) is 0.490. The molecule has 19 heavy (non-hydrogen) atoms. The molecule has 2 heteroatoms. The highest BCUT2D eigenvalue weighted by Crippen LogP contribution is 2.50. The maximum atomic E-state index is 5.93. The Kier molecular flexibility index (Phi) is 4.47. The Morgan fingerprint density at radius 2 is 2.32 bits per heavy atom. The Balaban J connectivity index is 1.60. The molecule has 0 aromatic rings. The van der Waals surface area contributed by atoms with Crippen LogP contribution in [-0.4, -0.2) is 19.2 Å². The van der Waals surface area contributed by atoms with Crippen LogP contribution in [0.2, 0.25) is 0 Å². The Labute approximate surface area is 118 Å². The van der Waals surface area contributed by atoms with Crippen molar-refractivity contribution >= 4 is 0 Å². The van der Waals surface area contributed by atoms with Gasteiger partial charge in [0.2, 0.25) is 0 Å². The van der Waals surface area contributed by atoms with Crippen LogP contribution in [0, 0.1) is 17.8 Å². The van der Waals surface area contributed by atoms with Gasteiger partial charge >= 0.3 is 0 Å². The lowest BCUT2D eigenvalue weighted by molar-refractivity contribution is 0.153. The number of nitrogens with one attached hydrogen (secondary N) is 1. The molecule has 0 amide bonds. The molecule has 2 bridgehead atoms. The molecule has 2 aliphatic carbocycles. The molecule has 4 atom stereocenters. The summed E-state index contributed by atoms with van der Waals surface area (Å²) >= 11 is 0. The second kappa shape index (κ2) is 6.30. The number of hydrogen-bond donors (Lipinski definition) is 1. The molecule has 1 heterocycles. The first kappa shape index (κ1) is 13.5. The van der Waals surface area contributed by atoms with Gasteiger partial charge in [-0.25, -0.2) is 0 Å². The number of ether oxygens (including phenoxy) is 1. The topological polar surface area (TPSA) is 21.3 Å². The van der Waals surface area contributed by atoms with Crippen LogP contribution in [0.25, 0.3) is 0 Å². The van der Waals surface area contributed by atoms with Crippen molar-refractivity contribution in [3.05, 3.63) is 11.8 Å². The van der Waals surface area contributed by atoms with Crippen molar-refractivity contribution in [1.29, 1.82) is 0 Å². The fourth-order valence-corrected chi connectivity index (χ4v) is 4.41. The Morgan fingerprint density at radius 1 is 1.37 bits per heavy atom. The molecular weight excluding hydrogens is 234 g/mol. The van der Waals surface area contributed by atoms with Crippen LogP contribution in [0.3, 0.4) is 0 Å². The van der Waals surface area contributed by atoms with Crippen molar-refractivity contribution in [2.24, 2.45) is 17.8 Å². The van der Waals surface area contributed by atoms with Crippen LogP contribution < -0.4 is 5.32 Å². The molecule has 0 radical (unpaired) electrons. The first-order valence-electron chi connectivity index (χ1n) is 8.43. The van der Waals surface area contributed by atoms with Crippen molar-refractivity contribution in [2.75, 3.05) is 13.2 Å². The molecule has 0 aromatic heterocycles. The Hall–Kier alpha value is -0.500. The quantitative estimate of drug-likeness (QED) is 0.785. The van der Waals surface area contributed by atoms with Crippen LogP contribution in [0.4, 0.5) is 0 Å². The molecule has 108 valence electrons. The van der Waals surface area contributed by atoms with Gasteiger partial charge in [-0.1, -0.05) is 13.3 Å². The molecule has 0 spiro atoms. The lowest BCUT2D eigenvalue weighted by Crippen LogP contribution is -2.36. The average molecular weight is 263 g/mol. The third-order valence-electron chi connectivity index (χ3n) is 5.37. The van der Waals surface area contributed by atoms with Gasteiger partial charge < -0.3 is 10.1 Å². The molecule has 2 fully saturated rings. The van der Waals surface area contributed by atoms with Gasteiger partial charge in [-0.15, -0.1) is 0 Å². The highest BCUT2D eigenvalue weighted by Gasteiger charge is 2.40. The highest BCUT2D eigenvalue weighted by molar-refractivity contribution is 5.07. The van der Waals surface area contributed by atoms with Gasteiger partial charge in [0.25, 0.3) is 0 Å². The zero-order chi connectivity index (χ0) is 13.1. The summed E-state index contributed by atoms with van der Waals surface area (Å²) < 4.78 is 5.93. The van der Waals surface area contributed by atoms with E-state index in [1.807, 2.05) is 0 Å². The summed E-state index contributed by atoms with van der Waals surface area (Å²) in [6.45, 7) is 4.29. The van der Waals surface area contributed by atoms with E-state index in [-0.39, 0.29) is 0 Å². The molecule has 2 nitrogen and oxygen atoms in total. The van der Waals surface area contributed by atoms with Crippen LogP contribution in [0.5, 0.6) is 0 Å². The predicted octanol–water partition coefficient (Wildman–Crippen LogP) is 3.88. The summed E-state index contributed by atoms with van der Waals surface area (Å²) in [6.07, 6.45) is 13.3. The third-order valence-corrected chi connectivity index (χ3v) is 5.37. The summed E-state index contributed by atoms with van der Waals surface area (Å²) in [4.78, 5) is 0.